The first-order valence-corrected chi connectivity index (χ1v) is 10.9. The number of amides is 2. The van der Waals surface area contributed by atoms with E-state index in [0.717, 1.165) is 31.8 Å². The van der Waals surface area contributed by atoms with Crippen molar-refractivity contribution in [3.8, 4) is 0 Å². The minimum atomic E-state index is 0. The van der Waals surface area contributed by atoms with Gasteiger partial charge in [-0.2, -0.15) is 0 Å². The molecule has 1 atom stereocenters. The van der Waals surface area contributed by atoms with E-state index in [2.05, 4.69) is 29.5 Å². The Balaban J connectivity index is 0.00000841. The number of carbonyl (C=O) groups is 2. The molecule has 0 aromatic carbocycles. The maximum atomic E-state index is 12.4. The molecule has 0 saturated carbocycles. The Hall–Kier alpha value is -1.10. The minimum Gasteiger partial charge on any atom is -0.383 e. The molecule has 2 amide bonds. The van der Waals surface area contributed by atoms with E-state index < -0.39 is 0 Å². The number of piperazine rings is 1. The van der Waals surface area contributed by atoms with Crippen molar-refractivity contribution in [3.05, 3.63) is 0 Å². The van der Waals surface area contributed by atoms with Crippen LogP contribution < -0.4 is 10.6 Å². The Bertz CT molecular complexity index is 523. The number of nitrogens with zero attached hydrogens (tertiary/aromatic N) is 3. The molecule has 1 rings (SSSR count). The molecule has 1 fully saturated rings. The lowest BCUT2D eigenvalue weighted by molar-refractivity contribution is -0.140. The number of unbranched alkanes of at least 4 members (excludes halogenated alkanes) is 2. The zero-order valence-electron chi connectivity index (χ0n) is 19.4. The third-order valence-electron chi connectivity index (χ3n) is 4.95. The summed E-state index contributed by atoms with van der Waals surface area (Å²) in [4.78, 5) is 32.5. The highest BCUT2D eigenvalue weighted by atomic mass is 127. The molecule has 0 aromatic heterocycles. The summed E-state index contributed by atoms with van der Waals surface area (Å²) in [6.07, 6.45) is 4.05. The molecular weight excluding hydrogens is 497 g/mol. The van der Waals surface area contributed by atoms with Gasteiger partial charge in [0.15, 0.2) is 5.96 Å². The second-order valence-corrected chi connectivity index (χ2v) is 8.17. The summed E-state index contributed by atoms with van der Waals surface area (Å²) in [7, 11) is 3.44. The lowest BCUT2D eigenvalue weighted by Gasteiger charge is -2.35. The van der Waals surface area contributed by atoms with Crippen LogP contribution in [0.1, 0.15) is 52.9 Å². The summed E-state index contributed by atoms with van der Waals surface area (Å²) >= 11 is 0. The van der Waals surface area contributed by atoms with Gasteiger partial charge in [-0.05, 0) is 25.7 Å². The van der Waals surface area contributed by atoms with Crippen LogP contribution in [0.15, 0.2) is 4.99 Å². The van der Waals surface area contributed by atoms with E-state index in [1.54, 1.807) is 14.2 Å². The molecule has 9 heteroatoms. The number of hydrogen-bond acceptors (Lipinski definition) is 4. The summed E-state index contributed by atoms with van der Waals surface area (Å²) in [5.74, 6) is 1.57. The molecule has 176 valence electrons. The Morgan fingerprint density at radius 2 is 1.60 bits per heavy atom. The van der Waals surface area contributed by atoms with Gasteiger partial charge < -0.3 is 25.2 Å². The molecule has 0 radical (unpaired) electrons. The van der Waals surface area contributed by atoms with Crippen LogP contribution in [-0.4, -0.2) is 87.1 Å². The average Bonchev–Trinajstić information content (AvgIpc) is 2.69. The molecule has 0 aliphatic carbocycles. The van der Waals surface area contributed by atoms with Gasteiger partial charge in [0.25, 0.3) is 0 Å². The van der Waals surface area contributed by atoms with Crippen LogP contribution >= 0.6 is 24.0 Å². The summed E-state index contributed by atoms with van der Waals surface area (Å²) in [6.45, 7) is 10.2. The minimum absolute atomic E-state index is 0. The van der Waals surface area contributed by atoms with Crippen LogP contribution in [-0.2, 0) is 14.3 Å². The molecule has 1 aliphatic rings. The summed E-state index contributed by atoms with van der Waals surface area (Å²) in [5, 5.41) is 6.56. The second kappa shape index (κ2) is 16.6. The van der Waals surface area contributed by atoms with Crippen molar-refractivity contribution in [2.45, 2.75) is 58.9 Å². The van der Waals surface area contributed by atoms with Crippen LogP contribution in [0.2, 0.25) is 0 Å². The van der Waals surface area contributed by atoms with Crippen LogP contribution in [0.5, 0.6) is 0 Å². The molecule has 1 heterocycles. The van der Waals surface area contributed by atoms with E-state index in [1.165, 1.54) is 0 Å². The fraction of sp³-hybridized carbons (Fsp3) is 0.857. The summed E-state index contributed by atoms with van der Waals surface area (Å²) in [5.41, 5.74) is 0. The van der Waals surface area contributed by atoms with Gasteiger partial charge in [-0.1, -0.05) is 20.3 Å². The predicted molar refractivity (Wildman–Crippen MR) is 132 cm³/mol. The molecule has 1 aliphatic heterocycles. The maximum absolute atomic E-state index is 12.4. The van der Waals surface area contributed by atoms with Crippen LogP contribution in [0.25, 0.3) is 0 Å². The first kappa shape index (κ1) is 28.9. The van der Waals surface area contributed by atoms with E-state index in [1.807, 2.05) is 16.7 Å². The van der Waals surface area contributed by atoms with Crippen molar-refractivity contribution in [1.82, 2.24) is 20.4 Å². The lowest BCUT2D eigenvalue weighted by atomic mass is 10.1. The molecular formula is C21H42IN5O3. The monoisotopic (exact) mass is 539 g/mol. The Kier molecular flexibility index (Phi) is 16.0. The fourth-order valence-electron chi connectivity index (χ4n) is 3.35. The van der Waals surface area contributed by atoms with Crippen molar-refractivity contribution >= 4 is 41.8 Å². The number of rotatable bonds is 11. The van der Waals surface area contributed by atoms with Crippen LogP contribution in [0.4, 0.5) is 0 Å². The fourth-order valence-corrected chi connectivity index (χ4v) is 3.35. The molecule has 30 heavy (non-hydrogen) atoms. The topological polar surface area (TPSA) is 86.3 Å². The second-order valence-electron chi connectivity index (χ2n) is 8.17. The lowest BCUT2D eigenvalue weighted by Crippen LogP contribution is -2.50. The van der Waals surface area contributed by atoms with Gasteiger partial charge in [-0.15, -0.1) is 24.0 Å². The average molecular weight is 540 g/mol. The molecule has 8 nitrogen and oxygen atoms in total. The number of methoxy groups -OCH3 is 1. The smallest absolute Gasteiger partial charge is 0.222 e. The number of nitrogens with one attached hydrogen (secondary N) is 2. The molecule has 0 spiro atoms. The van der Waals surface area contributed by atoms with Crippen LogP contribution in [0, 0.1) is 5.92 Å². The Labute approximate surface area is 199 Å². The van der Waals surface area contributed by atoms with Crippen molar-refractivity contribution < 1.29 is 14.3 Å². The number of aliphatic imine (C=N–C) groups is 1. The Morgan fingerprint density at radius 3 is 2.13 bits per heavy atom. The van der Waals surface area contributed by atoms with E-state index in [0.29, 0.717) is 51.5 Å². The number of carbonyl (C=O) groups excluding carboxylic acids is 2. The quantitative estimate of drug-likeness (QED) is 0.182. The number of hydrogen-bond donors (Lipinski definition) is 2. The predicted octanol–water partition coefficient (Wildman–Crippen LogP) is 2.08. The van der Waals surface area contributed by atoms with Gasteiger partial charge in [0.2, 0.25) is 11.8 Å². The van der Waals surface area contributed by atoms with Gasteiger partial charge in [0.05, 0.1) is 6.61 Å². The first-order valence-electron chi connectivity index (χ1n) is 10.9. The Morgan fingerprint density at radius 1 is 1.00 bits per heavy atom. The summed E-state index contributed by atoms with van der Waals surface area (Å²) < 4.78 is 5.11. The maximum Gasteiger partial charge on any atom is 0.222 e. The highest BCUT2D eigenvalue weighted by molar-refractivity contribution is 14.0. The molecule has 1 unspecified atom stereocenters. The number of halogens is 1. The van der Waals surface area contributed by atoms with Gasteiger partial charge in [0, 0.05) is 65.8 Å². The zero-order valence-corrected chi connectivity index (χ0v) is 21.7. The normalized spacial score (nSPS) is 15.6. The van der Waals surface area contributed by atoms with Crippen LogP contribution in [0.3, 0.4) is 0 Å². The van der Waals surface area contributed by atoms with Crippen molar-refractivity contribution in [2.75, 3.05) is 53.5 Å². The largest absolute Gasteiger partial charge is 0.383 e. The number of guanidine groups is 1. The van der Waals surface area contributed by atoms with Crippen molar-refractivity contribution in [3.63, 3.8) is 0 Å². The highest BCUT2D eigenvalue weighted by Crippen LogP contribution is 2.10. The van der Waals surface area contributed by atoms with E-state index in [-0.39, 0.29) is 41.8 Å². The van der Waals surface area contributed by atoms with Gasteiger partial charge >= 0.3 is 0 Å². The van der Waals surface area contributed by atoms with Gasteiger partial charge in [0.1, 0.15) is 0 Å². The SMILES string of the molecule is CN=C(NCCCCCC(=O)N1CCN(C(=O)CC(C)C)CC1)NC(C)COC.I. The first-order chi connectivity index (χ1) is 13.9. The molecule has 0 bridgehead atoms. The van der Waals surface area contributed by atoms with E-state index >= 15 is 0 Å². The zero-order chi connectivity index (χ0) is 21.6. The molecule has 2 N–H and O–H groups in total. The summed E-state index contributed by atoms with van der Waals surface area (Å²) in [6, 6.07) is 0.199. The third-order valence-corrected chi connectivity index (χ3v) is 4.95. The van der Waals surface area contributed by atoms with E-state index in [9.17, 15) is 9.59 Å². The highest BCUT2D eigenvalue weighted by Gasteiger charge is 2.23. The van der Waals surface area contributed by atoms with Gasteiger partial charge in [-0.25, -0.2) is 0 Å². The molecule has 1 saturated heterocycles. The van der Waals surface area contributed by atoms with Crippen molar-refractivity contribution in [2.24, 2.45) is 10.9 Å². The third kappa shape index (κ3) is 11.9. The van der Waals surface area contributed by atoms with Crippen molar-refractivity contribution in [1.29, 1.82) is 0 Å². The standard InChI is InChI=1S/C21H41N5O3.HI/c1-17(2)15-20(28)26-13-11-25(12-14-26)19(27)9-7-6-8-10-23-21(22-4)24-18(3)16-29-5;/h17-18H,6-16H2,1-5H3,(H2,22,23,24);1H. The molecule has 0 aromatic rings. The van der Waals surface area contributed by atoms with Gasteiger partial charge in [-0.3, -0.25) is 14.6 Å². The number of ether oxygens (including phenoxy) is 1. The van der Waals surface area contributed by atoms with E-state index in [4.69, 9.17) is 4.74 Å².